The Morgan fingerprint density at radius 3 is 2.59 bits per heavy atom. The molecule has 1 aromatic carbocycles. The Kier molecular flexibility index (Phi) is 4.21. The van der Waals surface area contributed by atoms with Gasteiger partial charge in [0.1, 0.15) is 0 Å². The lowest BCUT2D eigenvalue weighted by molar-refractivity contribution is 0.499. The molecule has 0 saturated carbocycles. The third-order valence-electron chi connectivity index (χ3n) is 4.46. The third kappa shape index (κ3) is 2.88. The van der Waals surface area contributed by atoms with Crippen LogP contribution in [0.3, 0.4) is 0 Å². The first-order valence-corrected chi connectivity index (χ1v) is 8.21. The standard InChI is InChI=1S/C18H26N4/c1-13(2)18-17(21-9-7-15(19)8-10-21)12-20-22(18)16-6-4-5-14(3)11-16/h4-6,11-13,15H,7-10,19H2,1-3H3. The number of nitrogens with two attached hydrogens (primary N) is 1. The zero-order valence-electron chi connectivity index (χ0n) is 13.8. The molecule has 0 bridgehead atoms. The van der Waals surface area contributed by atoms with Crippen molar-refractivity contribution in [3.63, 3.8) is 0 Å². The molecule has 0 radical (unpaired) electrons. The van der Waals surface area contributed by atoms with Crippen molar-refractivity contribution in [2.45, 2.75) is 45.6 Å². The lowest BCUT2D eigenvalue weighted by Gasteiger charge is -2.32. The quantitative estimate of drug-likeness (QED) is 0.946. The molecule has 1 fully saturated rings. The number of piperidine rings is 1. The maximum atomic E-state index is 6.04. The maximum Gasteiger partial charge on any atom is 0.0792 e. The van der Waals surface area contributed by atoms with Crippen LogP contribution in [0.5, 0.6) is 0 Å². The Morgan fingerprint density at radius 2 is 1.95 bits per heavy atom. The van der Waals surface area contributed by atoms with Gasteiger partial charge in [-0.05, 0) is 43.4 Å². The Morgan fingerprint density at radius 1 is 1.23 bits per heavy atom. The molecular weight excluding hydrogens is 272 g/mol. The predicted molar refractivity (Wildman–Crippen MR) is 91.8 cm³/mol. The van der Waals surface area contributed by atoms with E-state index in [1.54, 1.807) is 0 Å². The van der Waals surface area contributed by atoms with Gasteiger partial charge in [0.25, 0.3) is 0 Å². The predicted octanol–water partition coefficient (Wildman–Crippen LogP) is 3.23. The molecule has 2 aromatic rings. The topological polar surface area (TPSA) is 47.1 Å². The summed E-state index contributed by atoms with van der Waals surface area (Å²) in [6.07, 6.45) is 4.15. The van der Waals surface area contributed by atoms with Gasteiger partial charge in [0, 0.05) is 19.1 Å². The van der Waals surface area contributed by atoms with Crippen molar-refractivity contribution in [2.75, 3.05) is 18.0 Å². The fourth-order valence-corrected chi connectivity index (χ4v) is 3.24. The van der Waals surface area contributed by atoms with Gasteiger partial charge >= 0.3 is 0 Å². The van der Waals surface area contributed by atoms with Gasteiger partial charge in [-0.25, -0.2) is 4.68 Å². The fraction of sp³-hybridized carbons (Fsp3) is 0.500. The van der Waals surface area contributed by atoms with E-state index in [0.717, 1.165) is 31.6 Å². The molecule has 1 saturated heterocycles. The fourth-order valence-electron chi connectivity index (χ4n) is 3.24. The first-order valence-electron chi connectivity index (χ1n) is 8.21. The minimum atomic E-state index is 0.352. The minimum absolute atomic E-state index is 0.352. The van der Waals surface area contributed by atoms with E-state index in [1.165, 1.54) is 16.9 Å². The SMILES string of the molecule is Cc1cccc(-n2ncc(N3CCC(N)CC3)c2C(C)C)c1. The number of aryl methyl sites for hydroxylation is 1. The largest absolute Gasteiger partial charge is 0.369 e. The van der Waals surface area contributed by atoms with Gasteiger partial charge in [-0.15, -0.1) is 0 Å². The molecule has 0 unspecified atom stereocenters. The van der Waals surface area contributed by atoms with Crippen LogP contribution in [0.1, 0.15) is 43.9 Å². The van der Waals surface area contributed by atoms with Crippen molar-refractivity contribution in [3.05, 3.63) is 41.7 Å². The van der Waals surface area contributed by atoms with E-state index >= 15 is 0 Å². The lowest BCUT2D eigenvalue weighted by atomic mass is 10.0. The van der Waals surface area contributed by atoms with Crippen LogP contribution in [0.15, 0.2) is 30.5 Å². The summed E-state index contributed by atoms with van der Waals surface area (Å²) in [7, 11) is 0. The van der Waals surface area contributed by atoms with Crippen molar-refractivity contribution >= 4 is 5.69 Å². The Bertz CT molecular complexity index is 636. The highest BCUT2D eigenvalue weighted by Gasteiger charge is 2.23. The van der Waals surface area contributed by atoms with E-state index in [2.05, 4.69) is 59.7 Å². The summed E-state index contributed by atoms with van der Waals surface area (Å²) in [5.74, 6) is 0.425. The highest BCUT2D eigenvalue weighted by molar-refractivity contribution is 5.54. The molecule has 0 spiro atoms. The van der Waals surface area contributed by atoms with Gasteiger partial charge in [0.15, 0.2) is 0 Å². The van der Waals surface area contributed by atoms with Crippen LogP contribution >= 0.6 is 0 Å². The van der Waals surface area contributed by atoms with Gasteiger partial charge in [0.2, 0.25) is 0 Å². The molecule has 22 heavy (non-hydrogen) atoms. The summed E-state index contributed by atoms with van der Waals surface area (Å²) in [6.45, 7) is 8.65. The highest BCUT2D eigenvalue weighted by Crippen LogP contribution is 2.31. The molecule has 0 amide bonds. The van der Waals surface area contributed by atoms with Crippen molar-refractivity contribution < 1.29 is 0 Å². The van der Waals surface area contributed by atoms with E-state index in [1.807, 2.05) is 6.20 Å². The average molecular weight is 298 g/mol. The molecule has 4 heteroatoms. The number of hydrogen-bond acceptors (Lipinski definition) is 3. The summed E-state index contributed by atoms with van der Waals surface area (Å²) in [6, 6.07) is 8.88. The van der Waals surface area contributed by atoms with Crippen LogP contribution in [0.4, 0.5) is 5.69 Å². The average Bonchev–Trinajstić information content (AvgIpc) is 2.93. The van der Waals surface area contributed by atoms with Gasteiger partial charge in [0.05, 0.1) is 23.3 Å². The maximum absolute atomic E-state index is 6.04. The third-order valence-corrected chi connectivity index (χ3v) is 4.46. The second-order valence-electron chi connectivity index (χ2n) is 6.65. The van der Waals surface area contributed by atoms with Gasteiger partial charge < -0.3 is 10.6 Å². The second kappa shape index (κ2) is 6.13. The van der Waals surface area contributed by atoms with Crippen molar-refractivity contribution in [2.24, 2.45) is 5.73 Å². The normalized spacial score (nSPS) is 16.5. The van der Waals surface area contributed by atoms with Gasteiger partial charge in [-0.3, -0.25) is 0 Å². The summed E-state index contributed by atoms with van der Waals surface area (Å²) in [5, 5.41) is 4.69. The summed E-state index contributed by atoms with van der Waals surface area (Å²) < 4.78 is 2.10. The summed E-state index contributed by atoms with van der Waals surface area (Å²) >= 11 is 0. The number of anilines is 1. The first-order chi connectivity index (χ1) is 10.6. The highest BCUT2D eigenvalue weighted by atomic mass is 15.3. The van der Waals surface area contributed by atoms with Crippen LogP contribution in [-0.4, -0.2) is 28.9 Å². The molecule has 1 aromatic heterocycles. The van der Waals surface area contributed by atoms with Crippen LogP contribution in [0, 0.1) is 6.92 Å². The molecule has 1 aliphatic rings. The number of aromatic nitrogens is 2. The van der Waals surface area contributed by atoms with E-state index < -0.39 is 0 Å². The minimum Gasteiger partial charge on any atom is -0.369 e. The molecule has 0 aliphatic carbocycles. The van der Waals surface area contributed by atoms with E-state index in [9.17, 15) is 0 Å². The molecule has 2 N–H and O–H groups in total. The smallest absolute Gasteiger partial charge is 0.0792 e. The van der Waals surface area contributed by atoms with Crippen molar-refractivity contribution in [3.8, 4) is 5.69 Å². The molecule has 0 atom stereocenters. The Hall–Kier alpha value is -1.81. The van der Waals surface area contributed by atoms with Crippen LogP contribution in [-0.2, 0) is 0 Å². The van der Waals surface area contributed by atoms with Gasteiger partial charge in [-0.1, -0.05) is 26.0 Å². The number of rotatable bonds is 3. The lowest BCUT2D eigenvalue weighted by Crippen LogP contribution is -2.40. The van der Waals surface area contributed by atoms with Crippen LogP contribution in [0.2, 0.25) is 0 Å². The van der Waals surface area contributed by atoms with E-state index in [0.29, 0.717) is 12.0 Å². The Balaban J connectivity index is 1.99. The molecule has 2 heterocycles. The number of hydrogen-bond donors (Lipinski definition) is 1. The molecule has 3 rings (SSSR count). The molecule has 118 valence electrons. The number of benzene rings is 1. The number of nitrogens with zero attached hydrogens (tertiary/aromatic N) is 3. The van der Waals surface area contributed by atoms with Crippen molar-refractivity contribution in [1.82, 2.24) is 9.78 Å². The second-order valence-corrected chi connectivity index (χ2v) is 6.65. The molecule has 4 nitrogen and oxygen atoms in total. The van der Waals surface area contributed by atoms with E-state index in [-0.39, 0.29) is 0 Å². The van der Waals surface area contributed by atoms with Crippen LogP contribution < -0.4 is 10.6 Å². The Labute approximate surface area is 132 Å². The molecule has 1 aliphatic heterocycles. The zero-order valence-corrected chi connectivity index (χ0v) is 13.8. The van der Waals surface area contributed by atoms with Crippen LogP contribution in [0.25, 0.3) is 5.69 Å². The monoisotopic (exact) mass is 298 g/mol. The summed E-state index contributed by atoms with van der Waals surface area (Å²) in [5.41, 5.74) is 11.0. The zero-order chi connectivity index (χ0) is 15.7. The van der Waals surface area contributed by atoms with Crippen molar-refractivity contribution in [1.29, 1.82) is 0 Å². The molecular formula is C18H26N4. The van der Waals surface area contributed by atoms with E-state index in [4.69, 9.17) is 5.73 Å². The summed E-state index contributed by atoms with van der Waals surface area (Å²) in [4.78, 5) is 2.44. The first kappa shape index (κ1) is 15.1. The van der Waals surface area contributed by atoms with Gasteiger partial charge in [-0.2, -0.15) is 5.10 Å².